The number of carbonyl (C=O) groups excluding carboxylic acids is 4. The topological polar surface area (TPSA) is 132 Å². The van der Waals surface area contributed by atoms with Gasteiger partial charge in [0, 0.05) is 29.4 Å². The first kappa shape index (κ1) is 28.5. The number of pyridine rings is 1. The minimum absolute atomic E-state index is 0.0529. The number of amides is 1. The fourth-order valence-corrected chi connectivity index (χ4v) is 6.35. The lowest BCUT2D eigenvalue weighted by atomic mass is 9.77. The van der Waals surface area contributed by atoms with Crippen molar-refractivity contribution in [2.75, 3.05) is 13.2 Å². The van der Waals surface area contributed by atoms with E-state index in [1.54, 1.807) is 25.1 Å². The van der Waals surface area contributed by atoms with Crippen molar-refractivity contribution in [3.05, 3.63) is 52.2 Å². The largest absolute Gasteiger partial charge is 0.508 e. The number of phenols is 1. The smallest absolute Gasteiger partial charge is 0.355 e. The number of aromatic hydroxyl groups is 1. The Morgan fingerprint density at radius 1 is 1.20 bits per heavy atom. The zero-order valence-corrected chi connectivity index (χ0v) is 23.8. The quantitative estimate of drug-likeness (QED) is 0.480. The van der Waals surface area contributed by atoms with Gasteiger partial charge < -0.3 is 19.9 Å². The first-order chi connectivity index (χ1) is 19.7. The highest BCUT2D eigenvalue weighted by atomic mass is 16.6. The van der Waals surface area contributed by atoms with E-state index >= 15 is 0 Å². The molecular formula is C32H36N2O7. The van der Waals surface area contributed by atoms with Crippen molar-refractivity contribution in [2.45, 2.75) is 77.7 Å². The van der Waals surface area contributed by atoms with Gasteiger partial charge in [-0.05, 0) is 85.4 Å². The maximum atomic E-state index is 13.5. The number of phenolic OH excluding ortho intramolecular Hbond substituents is 1. The van der Waals surface area contributed by atoms with E-state index in [2.05, 4.69) is 12.2 Å². The monoisotopic (exact) mass is 560 g/mol. The van der Waals surface area contributed by atoms with Gasteiger partial charge in [0.05, 0.1) is 11.2 Å². The highest BCUT2D eigenvalue weighted by molar-refractivity contribution is 6.03. The summed E-state index contributed by atoms with van der Waals surface area (Å²) in [6.07, 6.45) is 5.87. The van der Waals surface area contributed by atoms with Crippen molar-refractivity contribution in [3.63, 3.8) is 0 Å². The Bertz CT molecular complexity index is 1510. The maximum Gasteiger partial charge on any atom is 0.355 e. The van der Waals surface area contributed by atoms with Crippen molar-refractivity contribution >= 4 is 40.1 Å². The van der Waals surface area contributed by atoms with Crippen LogP contribution in [0.15, 0.2) is 35.4 Å². The summed E-state index contributed by atoms with van der Waals surface area (Å²) < 4.78 is 11.3. The van der Waals surface area contributed by atoms with Crippen molar-refractivity contribution in [3.8, 4) is 5.75 Å². The molecule has 9 nitrogen and oxygen atoms in total. The third-order valence-electron chi connectivity index (χ3n) is 8.41. The molecule has 1 aliphatic heterocycles. The van der Waals surface area contributed by atoms with E-state index in [-0.39, 0.29) is 49.2 Å². The van der Waals surface area contributed by atoms with E-state index in [0.717, 1.165) is 46.1 Å². The van der Waals surface area contributed by atoms with Gasteiger partial charge in [-0.1, -0.05) is 20.8 Å². The molecule has 216 valence electrons. The van der Waals surface area contributed by atoms with Crippen LogP contribution in [0.1, 0.15) is 76.1 Å². The number of rotatable bonds is 7. The molecule has 0 saturated carbocycles. The molecule has 2 unspecified atom stereocenters. The molecule has 9 heteroatoms. The van der Waals surface area contributed by atoms with Crippen LogP contribution in [-0.2, 0) is 41.5 Å². The molecule has 0 fully saturated rings. The predicted molar refractivity (Wildman–Crippen MR) is 152 cm³/mol. The van der Waals surface area contributed by atoms with Crippen LogP contribution >= 0.6 is 0 Å². The van der Waals surface area contributed by atoms with E-state index in [1.807, 2.05) is 13.0 Å². The van der Waals surface area contributed by atoms with E-state index in [9.17, 15) is 24.3 Å². The number of carbonyl (C=O) groups is 4. The standard InChI is InChI=1S/C32H36N2O7/c1-4-7-28(37)33-16-29(38)41-32(6-3)25-14-19-12-18(8-11-27(36)24(25)17-40-31(32)39)13-23-21(5-2)22-15-20(35)9-10-26(22)34-30(19)23/h9-10,14-15,18,35H,4-8,11-13,16-17H2,1-3H3,(H,33,37). The molecule has 0 saturated heterocycles. The first-order valence-electron chi connectivity index (χ1n) is 14.5. The normalized spacial score (nSPS) is 22.0. The molecule has 1 aromatic carbocycles. The van der Waals surface area contributed by atoms with Crippen molar-refractivity contribution in [1.82, 2.24) is 10.3 Å². The van der Waals surface area contributed by atoms with Crippen molar-refractivity contribution < 1.29 is 33.8 Å². The zero-order chi connectivity index (χ0) is 29.3. The molecule has 2 heterocycles. The predicted octanol–water partition coefficient (Wildman–Crippen LogP) is 4.27. The number of nitrogens with zero attached hydrogens (tertiary/aromatic N) is 1. The fraction of sp³-hybridized carbons (Fsp3) is 0.469. The summed E-state index contributed by atoms with van der Waals surface area (Å²) in [5.74, 6) is -1.58. The van der Waals surface area contributed by atoms with Crippen molar-refractivity contribution in [1.29, 1.82) is 0 Å². The van der Waals surface area contributed by atoms with Crippen LogP contribution in [0.2, 0.25) is 0 Å². The number of benzene rings is 1. The SMILES string of the molecule is CCCC(=O)NCC(=O)OC1(CC)C(=O)OCC2=C1C=C1CC(CCC2=O)Cc2c1nc1ccc(O)cc1c2CC. The number of nitrogens with one attached hydrogen (secondary N) is 1. The number of aromatic nitrogens is 1. The summed E-state index contributed by atoms with van der Waals surface area (Å²) in [5.41, 5.74) is 3.47. The van der Waals surface area contributed by atoms with Crippen LogP contribution in [0.25, 0.3) is 16.5 Å². The second-order valence-corrected chi connectivity index (χ2v) is 11.0. The summed E-state index contributed by atoms with van der Waals surface area (Å²) >= 11 is 0. The van der Waals surface area contributed by atoms with Gasteiger partial charge in [-0.2, -0.15) is 0 Å². The highest BCUT2D eigenvalue weighted by Gasteiger charge is 2.51. The van der Waals surface area contributed by atoms with Crippen LogP contribution in [0.5, 0.6) is 5.75 Å². The van der Waals surface area contributed by atoms with Crippen LogP contribution < -0.4 is 5.32 Å². The Morgan fingerprint density at radius 2 is 2.00 bits per heavy atom. The Morgan fingerprint density at radius 3 is 2.73 bits per heavy atom. The summed E-state index contributed by atoms with van der Waals surface area (Å²) in [5, 5.41) is 13.6. The molecule has 1 amide bonds. The number of allylic oxidation sites excluding steroid dienone is 1. The minimum Gasteiger partial charge on any atom is -0.508 e. The van der Waals surface area contributed by atoms with Gasteiger partial charge in [0.25, 0.3) is 0 Å². The fourth-order valence-electron chi connectivity index (χ4n) is 6.35. The summed E-state index contributed by atoms with van der Waals surface area (Å²) in [6.45, 7) is 5.06. The number of ketones is 1. The third kappa shape index (κ3) is 5.25. The number of aryl methyl sites for hydroxylation is 1. The van der Waals surface area contributed by atoms with Crippen LogP contribution in [0, 0.1) is 5.92 Å². The van der Waals surface area contributed by atoms with Gasteiger partial charge in [0.2, 0.25) is 11.5 Å². The number of Topliss-reactive ketones (excluding diaryl/α,β-unsaturated/α-hetero) is 1. The number of fused-ring (bicyclic) bond motifs is 5. The number of ether oxygens (including phenoxy) is 2. The van der Waals surface area contributed by atoms with Crippen molar-refractivity contribution in [2.24, 2.45) is 5.92 Å². The van der Waals surface area contributed by atoms with E-state index in [4.69, 9.17) is 14.5 Å². The van der Waals surface area contributed by atoms with Gasteiger partial charge in [-0.25, -0.2) is 9.78 Å². The Kier molecular flexibility index (Phi) is 7.98. The molecule has 1 aromatic heterocycles. The van der Waals surface area contributed by atoms with E-state index < -0.39 is 24.1 Å². The van der Waals surface area contributed by atoms with Crippen LogP contribution in [0.3, 0.4) is 0 Å². The maximum absolute atomic E-state index is 13.5. The van der Waals surface area contributed by atoms with Gasteiger partial charge >= 0.3 is 11.9 Å². The molecule has 2 N–H and O–H groups in total. The lowest BCUT2D eigenvalue weighted by molar-refractivity contribution is -0.179. The second-order valence-electron chi connectivity index (χ2n) is 11.0. The Hall–Kier alpha value is -4.01. The molecule has 3 aliphatic rings. The van der Waals surface area contributed by atoms with Gasteiger partial charge in [0.1, 0.15) is 18.9 Å². The molecule has 0 radical (unpaired) electrons. The molecule has 2 aromatic rings. The molecule has 41 heavy (non-hydrogen) atoms. The average molecular weight is 561 g/mol. The molecule has 2 atom stereocenters. The Balaban J connectivity index is 1.65. The van der Waals surface area contributed by atoms with Gasteiger partial charge in [-0.3, -0.25) is 14.4 Å². The lowest BCUT2D eigenvalue weighted by Crippen LogP contribution is -2.51. The van der Waals surface area contributed by atoms with Crippen LogP contribution in [-0.4, -0.2) is 52.5 Å². The van der Waals surface area contributed by atoms with E-state index in [0.29, 0.717) is 30.4 Å². The third-order valence-corrected chi connectivity index (χ3v) is 8.41. The number of esters is 2. The summed E-state index contributed by atoms with van der Waals surface area (Å²) in [7, 11) is 0. The highest BCUT2D eigenvalue weighted by Crippen LogP contribution is 2.44. The molecule has 5 rings (SSSR count). The lowest BCUT2D eigenvalue weighted by Gasteiger charge is -2.36. The van der Waals surface area contributed by atoms with Gasteiger partial charge in [-0.15, -0.1) is 0 Å². The van der Waals surface area contributed by atoms with E-state index in [1.165, 1.54) is 0 Å². The molecule has 0 spiro atoms. The minimum atomic E-state index is -1.82. The molecule has 2 aliphatic carbocycles. The first-order valence-corrected chi connectivity index (χ1v) is 14.5. The second kappa shape index (κ2) is 11.5. The zero-order valence-electron chi connectivity index (χ0n) is 23.8. The van der Waals surface area contributed by atoms with Crippen LogP contribution in [0.4, 0.5) is 0 Å². The number of hydrogen-bond acceptors (Lipinski definition) is 8. The summed E-state index contributed by atoms with van der Waals surface area (Å²) in [6, 6.07) is 5.15. The van der Waals surface area contributed by atoms with Gasteiger partial charge in [0.15, 0.2) is 5.78 Å². The number of cyclic esters (lactones) is 1. The molecular weight excluding hydrogens is 524 g/mol. The molecule has 2 bridgehead atoms. The summed E-state index contributed by atoms with van der Waals surface area (Å²) in [4.78, 5) is 56.9. The number of hydrogen-bond donors (Lipinski definition) is 2. The average Bonchev–Trinajstić information content (AvgIpc) is 3.00. The Labute approximate surface area is 239 Å².